The summed E-state index contributed by atoms with van der Waals surface area (Å²) in [6.45, 7) is 1.82. The van der Waals surface area contributed by atoms with Crippen LogP contribution < -0.4 is 10.6 Å². The molecule has 1 aliphatic heterocycles. The average Bonchev–Trinajstić information content (AvgIpc) is 2.89. The van der Waals surface area contributed by atoms with Crippen molar-refractivity contribution in [3.63, 3.8) is 0 Å². The quantitative estimate of drug-likeness (QED) is 0.468. The molecule has 1 atom stereocenters. The Bertz CT molecular complexity index is 416. The van der Waals surface area contributed by atoms with Gasteiger partial charge in [-0.2, -0.15) is 16.9 Å². The van der Waals surface area contributed by atoms with E-state index in [9.17, 15) is 0 Å². The first-order chi connectivity index (χ1) is 9.33. The van der Waals surface area contributed by atoms with Gasteiger partial charge >= 0.3 is 0 Å². The van der Waals surface area contributed by atoms with Gasteiger partial charge in [0.25, 0.3) is 0 Å². The Labute approximate surface area is 118 Å². The van der Waals surface area contributed by atoms with Gasteiger partial charge in [0, 0.05) is 26.1 Å². The highest BCUT2D eigenvalue weighted by molar-refractivity contribution is 7.98. The van der Waals surface area contributed by atoms with Crippen LogP contribution in [-0.4, -0.2) is 52.4 Å². The molecule has 1 aromatic rings. The molecule has 2 rings (SSSR count). The molecule has 0 spiro atoms. The van der Waals surface area contributed by atoms with Crippen LogP contribution in [0, 0.1) is 0 Å². The third kappa shape index (κ3) is 4.12. The second-order valence-corrected chi connectivity index (χ2v) is 5.57. The van der Waals surface area contributed by atoms with Gasteiger partial charge in [-0.05, 0) is 24.9 Å². The standard InChI is InChI=1S/C12H22N6S/c1-13-12(14-6-3-7-19-2)17-10-4-5-11-15-9-16-18(11)8-10/h9-10H,3-8H2,1-2H3,(H2,13,14,17). The normalized spacial score (nSPS) is 19.1. The van der Waals surface area contributed by atoms with Crippen LogP contribution in [0.2, 0.25) is 0 Å². The van der Waals surface area contributed by atoms with Gasteiger partial charge in [0.2, 0.25) is 0 Å². The number of hydrogen-bond donors (Lipinski definition) is 2. The lowest BCUT2D eigenvalue weighted by Crippen LogP contribution is -2.47. The fourth-order valence-electron chi connectivity index (χ4n) is 2.17. The molecule has 2 N–H and O–H groups in total. The van der Waals surface area contributed by atoms with Gasteiger partial charge in [-0.1, -0.05) is 0 Å². The highest BCUT2D eigenvalue weighted by Gasteiger charge is 2.20. The number of nitrogens with zero attached hydrogens (tertiary/aromatic N) is 4. The topological polar surface area (TPSA) is 67.1 Å². The SMILES string of the molecule is CN=C(NCCCSC)NC1CCc2ncnn2C1. The molecular formula is C12H22N6S. The molecular weight excluding hydrogens is 260 g/mol. The molecule has 1 unspecified atom stereocenters. The molecule has 6 nitrogen and oxygen atoms in total. The highest BCUT2D eigenvalue weighted by atomic mass is 32.2. The molecule has 0 saturated carbocycles. The van der Waals surface area contributed by atoms with E-state index in [0.29, 0.717) is 6.04 Å². The molecule has 0 radical (unpaired) electrons. The fraction of sp³-hybridized carbons (Fsp3) is 0.750. The number of rotatable bonds is 5. The number of aromatic nitrogens is 3. The Balaban J connectivity index is 1.77. The first kappa shape index (κ1) is 14.2. The summed E-state index contributed by atoms with van der Waals surface area (Å²) in [6, 6.07) is 0.376. The van der Waals surface area contributed by atoms with Crippen molar-refractivity contribution < 1.29 is 0 Å². The van der Waals surface area contributed by atoms with Crippen molar-refractivity contribution in [2.75, 3.05) is 25.6 Å². The van der Waals surface area contributed by atoms with Gasteiger partial charge in [0.05, 0.1) is 6.54 Å². The maximum Gasteiger partial charge on any atom is 0.191 e. The van der Waals surface area contributed by atoms with Gasteiger partial charge in [-0.25, -0.2) is 9.67 Å². The van der Waals surface area contributed by atoms with Crippen molar-refractivity contribution >= 4 is 17.7 Å². The van der Waals surface area contributed by atoms with Crippen LogP contribution in [-0.2, 0) is 13.0 Å². The minimum atomic E-state index is 0.376. The average molecular weight is 282 g/mol. The van der Waals surface area contributed by atoms with Crippen molar-refractivity contribution in [3.05, 3.63) is 12.2 Å². The number of guanidine groups is 1. The maximum atomic E-state index is 4.27. The summed E-state index contributed by atoms with van der Waals surface area (Å²) < 4.78 is 1.97. The highest BCUT2D eigenvalue weighted by Crippen LogP contribution is 2.11. The lowest BCUT2D eigenvalue weighted by Gasteiger charge is -2.25. The molecule has 1 aliphatic rings. The minimum absolute atomic E-state index is 0.376. The maximum absolute atomic E-state index is 4.27. The number of nitrogens with one attached hydrogen (secondary N) is 2. The van der Waals surface area contributed by atoms with Crippen LogP contribution in [0.15, 0.2) is 11.3 Å². The van der Waals surface area contributed by atoms with Crippen molar-refractivity contribution in [1.82, 2.24) is 25.4 Å². The largest absolute Gasteiger partial charge is 0.356 e. The lowest BCUT2D eigenvalue weighted by molar-refractivity contribution is 0.393. The first-order valence-corrected chi connectivity index (χ1v) is 8.05. The third-order valence-electron chi connectivity index (χ3n) is 3.19. The molecule has 19 heavy (non-hydrogen) atoms. The van der Waals surface area contributed by atoms with E-state index in [2.05, 4.69) is 32.0 Å². The van der Waals surface area contributed by atoms with Crippen LogP contribution >= 0.6 is 11.8 Å². The summed E-state index contributed by atoms with van der Waals surface area (Å²) in [6.07, 6.45) is 6.96. The molecule has 2 heterocycles. The van der Waals surface area contributed by atoms with Crippen molar-refractivity contribution in [1.29, 1.82) is 0 Å². The van der Waals surface area contributed by atoms with Crippen molar-refractivity contribution in [2.45, 2.75) is 31.8 Å². The summed E-state index contributed by atoms with van der Waals surface area (Å²) in [7, 11) is 1.81. The molecule has 106 valence electrons. The van der Waals surface area contributed by atoms with Crippen molar-refractivity contribution in [3.8, 4) is 0 Å². The molecule has 0 bridgehead atoms. The summed E-state index contributed by atoms with van der Waals surface area (Å²) in [5, 5.41) is 11.0. The molecule has 7 heteroatoms. The van der Waals surface area contributed by atoms with Crippen molar-refractivity contribution in [2.24, 2.45) is 4.99 Å². The number of fused-ring (bicyclic) bond motifs is 1. The number of thioether (sulfide) groups is 1. The van der Waals surface area contributed by atoms with Gasteiger partial charge < -0.3 is 10.6 Å². The fourth-order valence-corrected chi connectivity index (χ4v) is 2.60. The van der Waals surface area contributed by atoms with E-state index in [1.807, 2.05) is 23.5 Å². The molecule has 0 fully saturated rings. The summed E-state index contributed by atoms with van der Waals surface area (Å²) >= 11 is 1.87. The zero-order chi connectivity index (χ0) is 13.5. The van der Waals surface area contributed by atoms with E-state index in [4.69, 9.17) is 0 Å². The van der Waals surface area contributed by atoms with Crippen LogP contribution in [0.1, 0.15) is 18.7 Å². The first-order valence-electron chi connectivity index (χ1n) is 6.66. The van der Waals surface area contributed by atoms with Gasteiger partial charge in [0.1, 0.15) is 12.2 Å². The molecule has 1 aromatic heterocycles. The molecule has 0 saturated heterocycles. The summed E-state index contributed by atoms with van der Waals surface area (Å²) in [5.41, 5.74) is 0. The number of aryl methyl sites for hydroxylation is 1. The van der Waals surface area contributed by atoms with Crippen LogP contribution in [0.4, 0.5) is 0 Å². The Morgan fingerprint density at radius 2 is 2.53 bits per heavy atom. The predicted molar refractivity (Wildman–Crippen MR) is 79.6 cm³/mol. The van der Waals surface area contributed by atoms with Crippen LogP contribution in [0.3, 0.4) is 0 Å². The Morgan fingerprint density at radius 1 is 1.63 bits per heavy atom. The monoisotopic (exact) mass is 282 g/mol. The number of aliphatic imine (C=N–C) groups is 1. The van der Waals surface area contributed by atoms with E-state index in [-0.39, 0.29) is 0 Å². The minimum Gasteiger partial charge on any atom is -0.356 e. The van der Waals surface area contributed by atoms with E-state index in [1.165, 1.54) is 5.75 Å². The predicted octanol–water partition coefficient (Wildman–Crippen LogP) is 0.511. The van der Waals surface area contributed by atoms with E-state index in [0.717, 1.165) is 44.1 Å². The molecule has 0 amide bonds. The lowest BCUT2D eigenvalue weighted by atomic mass is 10.1. The molecule has 0 aliphatic carbocycles. The zero-order valence-electron chi connectivity index (χ0n) is 11.6. The van der Waals surface area contributed by atoms with Gasteiger partial charge in [0.15, 0.2) is 5.96 Å². The second-order valence-electron chi connectivity index (χ2n) is 4.58. The summed E-state index contributed by atoms with van der Waals surface area (Å²) in [5.74, 6) is 3.14. The Hall–Kier alpha value is -1.24. The van der Waals surface area contributed by atoms with Gasteiger partial charge in [-0.15, -0.1) is 0 Å². The molecule has 0 aromatic carbocycles. The van der Waals surface area contributed by atoms with Crippen LogP contribution in [0.25, 0.3) is 0 Å². The Kier molecular flexibility index (Phi) is 5.50. The van der Waals surface area contributed by atoms with E-state index in [1.54, 1.807) is 6.33 Å². The van der Waals surface area contributed by atoms with Crippen LogP contribution in [0.5, 0.6) is 0 Å². The van der Waals surface area contributed by atoms with Gasteiger partial charge in [-0.3, -0.25) is 4.99 Å². The summed E-state index contributed by atoms with van der Waals surface area (Å²) in [4.78, 5) is 8.50. The smallest absolute Gasteiger partial charge is 0.191 e. The zero-order valence-corrected chi connectivity index (χ0v) is 12.4. The Morgan fingerprint density at radius 3 is 3.32 bits per heavy atom. The third-order valence-corrected chi connectivity index (χ3v) is 3.88. The van der Waals surface area contributed by atoms with E-state index < -0.39 is 0 Å². The number of hydrogen-bond acceptors (Lipinski definition) is 4. The second kappa shape index (κ2) is 7.37. The van der Waals surface area contributed by atoms with E-state index >= 15 is 0 Å².